The van der Waals surface area contributed by atoms with Crippen LogP contribution in [-0.4, -0.2) is 39.2 Å². The second-order valence-electron chi connectivity index (χ2n) is 4.46. The lowest BCUT2D eigenvalue weighted by Gasteiger charge is -2.23. The van der Waals surface area contributed by atoms with E-state index in [1.807, 2.05) is 0 Å². The highest BCUT2D eigenvalue weighted by molar-refractivity contribution is 5.64. The second-order valence-corrected chi connectivity index (χ2v) is 4.46. The van der Waals surface area contributed by atoms with E-state index in [1.54, 1.807) is 7.05 Å². The normalized spacial score (nSPS) is 16.7. The highest BCUT2D eigenvalue weighted by Crippen LogP contribution is 2.23. The molecule has 2 aromatic rings. The van der Waals surface area contributed by atoms with E-state index < -0.39 is 5.76 Å². The van der Waals surface area contributed by atoms with Crippen molar-refractivity contribution in [3.05, 3.63) is 10.6 Å². The molecule has 0 spiro atoms. The molecule has 0 radical (unpaired) electrons. The third kappa shape index (κ3) is 2.24. The molecule has 1 saturated heterocycles. The molecule has 2 aromatic heterocycles. The van der Waals surface area contributed by atoms with Crippen molar-refractivity contribution in [2.75, 3.05) is 18.4 Å². The number of anilines is 1. The third-order valence-corrected chi connectivity index (χ3v) is 3.18. The average molecular weight is 266 g/mol. The Morgan fingerprint density at radius 1 is 1.32 bits per heavy atom. The van der Waals surface area contributed by atoms with Gasteiger partial charge in [0.25, 0.3) is 0 Å². The monoisotopic (exact) mass is 266 g/mol. The molecule has 0 amide bonds. The van der Waals surface area contributed by atoms with Crippen molar-refractivity contribution >= 4 is 5.82 Å². The number of nitrogens with one attached hydrogen (secondary N) is 2. The number of hydrogen-bond acceptors (Lipinski definition) is 8. The molecule has 0 unspecified atom stereocenters. The topological polar surface area (TPSA) is 111 Å². The largest absolute Gasteiger partial charge is 0.441 e. The molecule has 0 atom stereocenters. The lowest BCUT2D eigenvalue weighted by Crippen LogP contribution is -2.35. The minimum absolute atomic E-state index is 0.294. The summed E-state index contributed by atoms with van der Waals surface area (Å²) in [4.78, 5) is 11.3. The van der Waals surface area contributed by atoms with E-state index in [0.717, 1.165) is 25.9 Å². The maximum atomic E-state index is 11.3. The second kappa shape index (κ2) is 4.84. The van der Waals surface area contributed by atoms with Gasteiger partial charge in [0.05, 0.1) is 0 Å². The van der Waals surface area contributed by atoms with E-state index in [1.165, 1.54) is 4.57 Å². The van der Waals surface area contributed by atoms with Crippen molar-refractivity contribution in [3.63, 3.8) is 0 Å². The molecule has 0 bridgehead atoms. The predicted molar refractivity (Wildman–Crippen MR) is 64.6 cm³/mol. The zero-order valence-electron chi connectivity index (χ0n) is 10.4. The van der Waals surface area contributed by atoms with Crippen LogP contribution in [0, 0.1) is 0 Å². The van der Waals surface area contributed by atoms with E-state index in [-0.39, 0.29) is 0 Å². The van der Waals surface area contributed by atoms with Crippen LogP contribution < -0.4 is 16.4 Å². The first-order valence-corrected chi connectivity index (χ1v) is 6.08. The van der Waals surface area contributed by atoms with Gasteiger partial charge in [0, 0.05) is 13.1 Å². The van der Waals surface area contributed by atoms with Gasteiger partial charge in [-0.2, -0.15) is 0 Å². The Kier molecular flexibility index (Phi) is 3.03. The molecule has 0 aromatic carbocycles. The van der Waals surface area contributed by atoms with E-state index >= 15 is 0 Å². The first-order valence-electron chi connectivity index (χ1n) is 6.08. The summed E-state index contributed by atoms with van der Waals surface area (Å²) >= 11 is 0. The SMILES string of the molecule is Cn1c(-c2nonc2NC2CCNCC2)noc1=O. The molecule has 1 aliphatic heterocycles. The van der Waals surface area contributed by atoms with E-state index in [9.17, 15) is 4.79 Å². The quantitative estimate of drug-likeness (QED) is 0.771. The lowest BCUT2D eigenvalue weighted by molar-refractivity contribution is 0.308. The molecule has 3 rings (SSSR count). The van der Waals surface area contributed by atoms with Crippen LogP contribution >= 0.6 is 0 Å². The summed E-state index contributed by atoms with van der Waals surface area (Å²) in [5, 5.41) is 17.8. The predicted octanol–water partition coefficient (Wildman–Crippen LogP) is -0.413. The molecule has 9 nitrogen and oxygen atoms in total. The summed E-state index contributed by atoms with van der Waals surface area (Å²) in [5.41, 5.74) is 0.381. The number of hydrogen-bond donors (Lipinski definition) is 2. The van der Waals surface area contributed by atoms with Crippen LogP contribution in [0.1, 0.15) is 12.8 Å². The van der Waals surface area contributed by atoms with Gasteiger partial charge in [-0.25, -0.2) is 9.42 Å². The van der Waals surface area contributed by atoms with Crippen molar-refractivity contribution in [2.24, 2.45) is 7.05 Å². The van der Waals surface area contributed by atoms with Gasteiger partial charge in [-0.05, 0) is 36.2 Å². The summed E-state index contributed by atoms with van der Waals surface area (Å²) in [5.74, 6) is 0.226. The molecule has 0 saturated carbocycles. The number of piperidine rings is 1. The van der Waals surface area contributed by atoms with Crippen molar-refractivity contribution in [1.29, 1.82) is 0 Å². The number of nitrogens with zero attached hydrogens (tertiary/aromatic N) is 4. The van der Waals surface area contributed by atoms with Gasteiger partial charge in [-0.15, -0.1) is 0 Å². The van der Waals surface area contributed by atoms with Gasteiger partial charge in [-0.3, -0.25) is 9.09 Å². The van der Waals surface area contributed by atoms with Crippen LogP contribution in [0.2, 0.25) is 0 Å². The zero-order valence-corrected chi connectivity index (χ0v) is 10.4. The number of aromatic nitrogens is 4. The van der Waals surface area contributed by atoms with Crippen molar-refractivity contribution < 1.29 is 9.15 Å². The Morgan fingerprint density at radius 2 is 2.11 bits per heavy atom. The Balaban J connectivity index is 1.85. The summed E-state index contributed by atoms with van der Waals surface area (Å²) in [6.45, 7) is 1.92. The fraction of sp³-hybridized carbons (Fsp3) is 0.600. The van der Waals surface area contributed by atoms with Gasteiger partial charge < -0.3 is 10.6 Å². The van der Waals surface area contributed by atoms with Gasteiger partial charge in [0.1, 0.15) is 0 Å². The third-order valence-electron chi connectivity index (χ3n) is 3.18. The molecular formula is C10H14N6O3. The highest BCUT2D eigenvalue weighted by Gasteiger charge is 2.22. The average Bonchev–Trinajstić information content (AvgIpc) is 2.99. The fourth-order valence-electron chi connectivity index (χ4n) is 2.08. The Hall–Kier alpha value is -2.16. The van der Waals surface area contributed by atoms with Crippen molar-refractivity contribution in [2.45, 2.75) is 18.9 Å². The van der Waals surface area contributed by atoms with Gasteiger partial charge in [0.15, 0.2) is 5.69 Å². The Labute approximate surface area is 107 Å². The van der Waals surface area contributed by atoms with Crippen molar-refractivity contribution in [3.8, 4) is 11.5 Å². The van der Waals surface area contributed by atoms with Crippen LogP contribution in [0.3, 0.4) is 0 Å². The van der Waals surface area contributed by atoms with E-state index in [2.05, 4.69) is 30.6 Å². The fourth-order valence-corrected chi connectivity index (χ4v) is 2.08. The molecule has 0 aliphatic carbocycles. The van der Waals surface area contributed by atoms with Gasteiger partial charge in [-0.1, -0.05) is 5.16 Å². The number of rotatable bonds is 3. The maximum Gasteiger partial charge on any atom is 0.441 e. The molecule has 9 heteroatoms. The van der Waals surface area contributed by atoms with Crippen LogP contribution in [0.15, 0.2) is 13.9 Å². The molecule has 102 valence electrons. The summed E-state index contributed by atoms with van der Waals surface area (Å²) < 4.78 is 10.6. The molecule has 1 aliphatic rings. The smallest absolute Gasteiger partial charge is 0.362 e. The minimum Gasteiger partial charge on any atom is -0.362 e. The minimum atomic E-state index is -0.550. The van der Waals surface area contributed by atoms with E-state index in [4.69, 9.17) is 4.63 Å². The van der Waals surface area contributed by atoms with Crippen molar-refractivity contribution in [1.82, 2.24) is 25.4 Å². The zero-order chi connectivity index (χ0) is 13.2. The summed E-state index contributed by atoms with van der Waals surface area (Å²) in [6.07, 6.45) is 1.98. The van der Waals surface area contributed by atoms with Gasteiger partial charge in [0.2, 0.25) is 11.6 Å². The molecule has 2 N–H and O–H groups in total. The lowest BCUT2D eigenvalue weighted by atomic mass is 10.1. The van der Waals surface area contributed by atoms with Gasteiger partial charge >= 0.3 is 5.76 Å². The summed E-state index contributed by atoms with van der Waals surface area (Å²) in [7, 11) is 1.55. The van der Waals surface area contributed by atoms with Crippen LogP contribution in [0.5, 0.6) is 0 Å². The first kappa shape index (κ1) is 11.9. The molecule has 1 fully saturated rings. The van der Waals surface area contributed by atoms with E-state index in [0.29, 0.717) is 23.4 Å². The molecule has 3 heterocycles. The van der Waals surface area contributed by atoms with Crippen LogP contribution in [-0.2, 0) is 7.05 Å². The standard InChI is InChI=1S/C10H14N6O3/c1-16-9(15-18-10(16)17)7-8(14-19-13-7)12-6-2-4-11-5-3-6/h6,11H,2-5H2,1H3,(H,12,14). The maximum absolute atomic E-state index is 11.3. The van der Waals surface area contributed by atoms with Crippen LogP contribution in [0.4, 0.5) is 5.82 Å². The molecular weight excluding hydrogens is 252 g/mol. The highest BCUT2D eigenvalue weighted by atomic mass is 16.6. The summed E-state index contributed by atoms with van der Waals surface area (Å²) in [6, 6.07) is 0.302. The first-order chi connectivity index (χ1) is 9.25. The Morgan fingerprint density at radius 3 is 2.79 bits per heavy atom. The molecule has 19 heavy (non-hydrogen) atoms. The van der Waals surface area contributed by atoms with Crippen LogP contribution in [0.25, 0.3) is 11.5 Å². The Bertz CT molecular complexity index is 609.